The highest BCUT2D eigenvalue weighted by molar-refractivity contribution is 7.89. The number of nitrogens with zero attached hydrogens (tertiary/aromatic N) is 2. The summed E-state index contributed by atoms with van der Waals surface area (Å²) in [5, 5.41) is 2.60. The summed E-state index contributed by atoms with van der Waals surface area (Å²) in [5.41, 5.74) is 0. The van der Waals surface area contributed by atoms with Crippen molar-refractivity contribution in [1.82, 2.24) is 14.5 Å². The van der Waals surface area contributed by atoms with Crippen molar-refractivity contribution >= 4 is 21.8 Å². The number of ether oxygens (including phenoxy) is 2. The molecule has 4 rings (SSSR count). The number of sulfonamides is 1. The van der Waals surface area contributed by atoms with Crippen molar-refractivity contribution < 1.29 is 31.9 Å². The van der Waals surface area contributed by atoms with E-state index in [0.717, 1.165) is 6.42 Å². The SMILES string of the molecule is C[C@@H](NC(=O)c1ccco1)C(=O)N1CCN(S(=O)(=O)c2ccc3c(c2)OCCCO3)CC1. The maximum Gasteiger partial charge on any atom is 0.287 e. The van der Waals surface area contributed by atoms with E-state index >= 15 is 0 Å². The molecule has 0 saturated carbocycles. The van der Waals surface area contributed by atoms with Crippen LogP contribution in [0.1, 0.15) is 23.9 Å². The lowest BCUT2D eigenvalue weighted by Crippen LogP contribution is -2.55. The Kier molecular flexibility index (Phi) is 6.38. The van der Waals surface area contributed by atoms with Crippen molar-refractivity contribution in [2.75, 3.05) is 39.4 Å². The van der Waals surface area contributed by atoms with E-state index in [2.05, 4.69) is 5.32 Å². The molecular weight excluding hydrogens is 438 g/mol. The number of fused-ring (bicyclic) bond motifs is 1. The fourth-order valence-corrected chi connectivity index (χ4v) is 5.05. The number of furan rings is 1. The number of piperazine rings is 1. The van der Waals surface area contributed by atoms with Crippen LogP contribution in [0.4, 0.5) is 0 Å². The number of hydrogen-bond donors (Lipinski definition) is 1. The maximum atomic E-state index is 13.1. The van der Waals surface area contributed by atoms with E-state index in [1.165, 1.54) is 28.8 Å². The van der Waals surface area contributed by atoms with Crippen molar-refractivity contribution in [2.45, 2.75) is 24.3 Å². The lowest BCUT2D eigenvalue weighted by Gasteiger charge is -2.35. The highest BCUT2D eigenvalue weighted by atomic mass is 32.2. The van der Waals surface area contributed by atoms with Gasteiger partial charge < -0.3 is 24.1 Å². The Balaban J connectivity index is 1.37. The van der Waals surface area contributed by atoms with E-state index < -0.39 is 22.0 Å². The first-order chi connectivity index (χ1) is 15.4. The highest BCUT2D eigenvalue weighted by Gasteiger charge is 2.32. The van der Waals surface area contributed by atoms with Crippen LogP contribution in [0.15, 0.2) is 45.9 Å². The van der Waals surface area contributed by atoms with Crippen LogP contribution in [0.2, 0.25) is 0 Å². The van der Waals surface area contributed by atoms with Gasteiger partial charge in [-0.25, -0.2) is 8.42 Å². The summed E-state index contributed by atoms with van der Waals surface area (Å²) in [5.74, 6) is 0.306. The second-order valence-electron chi connectivity index (χ2n) is 7.56. The molecule has 172 valence electrons. The summed E-state index contributed by atoms with van der Waals surface area (Å²) in [6.45, 7) is 3.33. The lowest BCUT2D eigenvalue weighted by molar-refractivity contribution is -0.134. The van der Waals surface area contributed by atoms with Gasteiger partial charge in [0, 0.05) is 38.7 Å². The zero-order chi connectivity index (χ0) is 22.7. The van der Waals surface area contributed by atoms with E-state index in [1.807, 2.05) is 0 Å². The van der Waals surface area contributed by atoms with Crippen LogP contribution < -0.4 is 14.8 Å². The van der Waals surface area contributed by atoms with Gasteiger partial charge in [0.15, 0.2) is 17.3 Å². The maximum absolute atomic E-state index is 13.1. The Morgan fingerprint density at radius 1 is 1.03 bits per heavy atom. The molecule has 1 atom stereocenters. The van der Waals surface area contributed by atoms with Gasteiger partial charge in [-0.3, -0.25) is 9.59 Å². The monoisotopic (exact) mass is 463 g/mol. The van der Waals surface area contributed by atoms with E-state index in [1.54, 1.807) is 24.0 Å². The van der Waals surface area contributed by atoms with Crippen LogP contribution in [-0.2, 0) is 14.8 Å². The Morgan fingerprint density at radius 3 is 2.44 bits per heavy atom. The molecule has 0 radical (unpaired) electrons. The molecule has 2 aromatic rings. The Hall–Kier alpha value is -3.05. The number of rotatable bonds is 5. The van der Waals surface area contributed by atoms with Crippen LogP contribution in [-0.4, -0.2) is 74.9 Å². The topological polar surface area (TPSA) is 118 Å². The standard InChI is InChI=1S/C21H25N3O7S/c1-15(22-20(25)18-4-2-11-30-18)21(26)23-7-9-24(10-8-23)32(27,28)16-5-6-17-19(14-16)31-13-3-12-29-17/h2,4-6,11,14-15H,3,7-10,12-13H2,1H3,(H,22,25)/t15-/m1/s1. The summed E-state index contributed by atoms with van der Waals surface area (Å²) in [7, 11) is -3.75. The molecule has 0 aliphatic carbocycles. The number of nitrogens with one attached hydrogen (secondary N) is 1. The van der Waals surface area contributed by atoms with Gasteiger partial charge in [0.2, 0.25) is 15.9 Å². The Morgan fingerprint density at radius 2 is 1.75 bits per heavy atom. The van der Waals surface area contributed by atoms with Gasteiger partial charge in [-0.15, -0.1) is 0 Å². The Labute approximate surface area is 186 Å². The highest BCUT2D eigenvalue weighted by Crippen LogP contribution is 2.33. The largest absolute Gasteiger partial charge is 0.490 e. The zero-order valence-corrected chi connectivity index (χ0v) is 18.5. The minimum Gasteiger partial charge on any atom is -0.490 e. The van der Waals surface area contributed by atoms with E-state index in [-0.39, 0.29) is 42.7 Å². The van der Waals surface area contributed by atoms with Gasteiger partial charge in [0.1, 0.15) is 6.04 Å². The third-order valence-electron chi connectivity index (χ3n) is 5.37. The average molecular weight is 464 g/mol. The number of carbonyl (C=O) groups is 2. The normalized spacial score (nSPS) is 18.0. The summed E-state index contributed by atoms with van der Waals surface area (Å²) in [6.07, 6.45) is 2.11. The summed E-state index contributed by atoms with van der Waals surface area (Å²) >= 11 is 0. The molecule has 1 fully saturated rings. The van der Waals surface area contributed by atoms with Crippen LogP contribution in [0.3, 0.4) is 0 Å². The van der Waals surface area contributed by atoms with Crippen molar-refractivity contribution in [3.63, 3.8) is 0 Å². The van der Waals surface area contributed by atoms with Crippen molar-refractivity contribution in [2.24, 2.45) is 0 Å². The fourth-order valence-electron chi connectivity index (χ4n) is 3.61. The molecule has 1 aromatic heterocycles. The third kappa shape index (κ3) is 4.58. The first-order valence-corrected chi connectivity index (χ1v) is 11.8. The molecule has 0 bridgehead atoms. The zero-order valence-electron chi connectivity index (χ0n) is 17.7. The predicted molar refractivity (Wildman–Crippen MR) is 113 cm³/mol. The summed E-state index contributed by atoms with van der Waals surface area (Å²) < 4.78 is 43.8. The van der Waals surface area contributed by atoms with Crippen molar-refractivity contribution in [3.8, 4) is 11.5 Å². The van der Waals surface area contributed by atoms with Gasteiger partial charge in [-0.2, -0.15) is 4.31 Å². The molecule has 0 unspecified atom stereocenters. The van der Waals surface area contributed by atoms with Gasteiger partial charge in [0.25, 0.3) is 5.91 Å². The number of benzene rings is 1. The van der Waals surface area contributed by atoms with E-state index in [4.69, 9.17) is 13.9 Å². The molecule has 2 amide bonds. The molecule has 1 aromatic carbocycles. The average Bonchev–Trinajstić information content (AvgIpc) is 3.24. The fraction of sp³-hybridized carbons (Fsp3) is 0.429. The van der Waals surface area contributed by atoms with Crippen LogP contribution in [0.5, 0.6) is 11.5 Å². The smallest absolute Gasteiger partial charge is 0.287 e. The predicted octanol–water partition coefficient (Wildman–Crippen LogP) is 1.09. The molecule has 1 saturated heterocycles. The summed E-state index contributed by atoms with van der Waals surface area (Å²) in [6, 6.07) is 6.93. The second kappa shape index (κ2) is 9.21. The summed E-state index contributed by atoms with van der Waals surface area (Å²) in [4.78, 5) is 26.5. The Bertz CT molecular complexity index is 1080. The molecule has 0 spiro atoms. The minimum absolute atomic E-state index is 0.121. The second-order valence-corrected chi connectivity index (χ2v) is 9.50. The molecule has 32 heavy (non-hydrogen) atoms. The molecule has 3 heterocycles. The van der Waals surface area contributed by atoms with E-state index in [0.29, 0.717) is 24.7 Å². The van der Waals surface area contributed by atoms with Gasteiger partial charge >= 0.3 is 0 Å². The molecule has 10 nitrogen and oxygen atoms in total. The van der Waals surface area contributed by atoms with Crippen LogP contribution in [0.25, 0.3) is 0 Å². The van der Waals surface area contributed by atoms with Crippen LogP contribution in [0, 0.1) is 0 Å². The molecule has 2 aliphatic rings. The van der Waals surface area contributed by atoms with Crippen molar-refractivity contribution in [3.05, 3.63) is 42.4 Å². The number of hydrogen-bond acceptors (Lipinski definition) is 7. The third-order valence-corrected chi connectivity index (χ3v) is 7.26. The first kappa shape index (κ1) is 22.2. The van der Waals surface area contributed by atoms with Gasteiger partial charge in [-0.1, -0.05) is 0 Å². The number of amides is 2. The van der Waals surface area contributed by atoms with E-state index in [9.17, 15) is 18.0 Å². The molecule has 1 N–H and O–H groups in total. The number of carbonyl (C=O) groups excluding carboxylic acids is 2. The molecular formula is C21H25N3O7S. The van der Waals surface area contributed by atoms with Crippen LogP contribution >= 0.6 is 0 Å². The quantitative estimate of drug-likeness (QED) is 0.705. The van der Waals surface area contributed by atoms with Gasteiger partial charge in [0.05, 0.1) is 24.4 Å². The lowest BCUT2D eigenvalue weighted by atomic mass is 10.2. The minimum atomic E-state index is -3.75. The molecule has 11 heteroatoms. The molecule has 2 aliphatic heterocycles. The first-order valence-electron chi connectivity index (χ1n) is 10.4. The van der Waals surface area contributed by atoms with Gasteiger partial charge in [-0.05, 0) is 31.2 Å². The van der Waals surface area contributed by atoms with Crippen molar-refractivity contribution in [1.29, 1.82) is 0 Å².